The van der Waals surface area contributed by atoms with Gasteiger partial charge in [-0.1, -0.05) is 54.7 Å². The summed E-state index contributed by atoms with van der Waals surface area (Å²) in [7, 11) is 1.67. The van der Waals surface area contributed by atoms with Crippen LogP contribution in [-0.4, -0.2) is 41.2 Å². The Morgan fingerprint density at radius 3 is 2.45 bits per heavy atom. The molecule has 4 rings (SSSR count). The Morgan fingerprint density at radius 2 is 1.76 bits per heavy atom. The second-order valence-corrected chi connectivity index (χ2v) is 9.08. The summed E-state index contributed by atoms with van der Waals surface area (Å²) in [5.41, 5.74) is 4.28. The third-order valence-corrected chi connectivity index (χ3v) is 6.66. The highest BCUT2D eigenvalue weighted by molar-refractivity contribution is 7.71. The second-order valence-electron chi connectivity index (χ2n) is 8.67. The predicted molar refractivity (Wildman–Crippen MR) is 131 cm³/mol. The molecule has 2 N–H and O–H groups in total. The van der Waals surface area contributed by atoms with Crippen LogP contribution in [0.1, 0.15) is 25.7 Å². The number of ether oxygens (including phenoxy) is 2. The van der Waals surface area contributed by atoms with Gasteiger partial charge < -0.3 is 14.6 Å². The van der Waals surface area contributed by atoms with E-state index < -0.39 is 5.97 Å². The molecule has 1 saturated carbocycles. The van der Waals surface area contributed by atoms with Crippen LogP contribution < -0.4 is 4.74 Å². The molecule has 0 unspecified atom stereocenters. The van der Waals surface area contributed by atoms with E-state index >= 15 is 0 Å². The number of aromatic amines is 1. The van der Waals surface area contributed by atoms with Crippen LogP contribution in [0.5, 0.6) is 5.75 Å². The van der Waals surface area contributed by atoms with Crippen molar-refractivity contribution in [2.75, 3.05) is 20.3 Å². The molecule has 6 nitrogen and oxygen atoms in total. The molecular weight excluding hydrogens is 436 g/mol. The van der Waals surface area contributed by atoms with Crippen LogP contribution in [0.25, 0.3) is 22.4 Å². The third-order valence-electron chi connectivity index (χ3n) is 6.36. The molecule has 0 atom stereocenters. The van der Waals surface area contributed by atoms with E-state index in [2.05, 4.69) is 28.0 Å². The fraction of sp³-hybridized carbons (Fsp3) is 0.385. The molecule has 2 aromatic carbocycles. The average Bonchev–Trinajstić information content (AvgIpc) is 3.16. The molecule has 0 amide bonds. The van der Waals surface area contributed by atoms with Crippen molar-refractivity contribution in [2.24, 2.45) is 11.8 Å². The predicted octanol–water partition coefficient (Wildman–Crippen LogP) is 5.80. The zero-order valence-electron chi connectivity index (χ0n) is 18.8. The third kappa shape index (κ3) is 5.72. The van der Waals surface area contributed by atoms with Crippen LogP contribution in [0.3, 0.4) is 0 Å². The van der Waals surface area contributed by atoms with E-state index in [1.54, 1.807) is 7.11 Å². The number of aromatic nitrogens is 2. The fourth-order valence-corrected chi connectivity index (χ4v) is 5.03. The number of nitrogens with zero attached hydrogens (tertiary/aromatic N) is 1. The van der Waals surface area contributed by atoms with Crippen LogP contribution in [0, 0.1) is 16.5 Å². The number of carboxylic acid groups (broad SMARTS) is 1. The Labute approximate surface area is 199 Å². The summed E-state index contributed by atoms with van der Waals surface area (Å²) in [6.07, 6.45) is 4.27. The van der Waals surface area contributed by atoms with Crippen LogP contribution in [0.4, 0.5) is 0 Å². The monoisotopic (exact) mass is 466 g/mol. The summed E-state index contributed by atoms with van der Waals surface area (Å²) in [5, 5.41) is 12.2. The molecule has 1 fully saturated rings. The number of hydrogen-bond acceptors (Lipinski definition) is 4. The van der Waals surface area contributed by atoms with Gasteiger partial charge in [0.05, 0.1) is 19.4 Å². The Bertz CT molecular complexity index is 1130. The summed E-state index contributed by atoms with van der Waals surface area (Å²) >= 11 is 5.80. The van der Waals surface area contributed by atoms with Gasteiger partial charge in [-0.25, -0.2) is 4.79 Å². The highest BCUT2D eigenvalue weighted by Gasteiger charge is 2.24. The molecule has 0 saturated heterocycles. The molecule has 1 aliphatic rings. The molecule has 1 aliphatic carbocycles. The van der Waals surface area contributed by atoms with Crippen molar-refractivity contribution in [3.8, 4) is 28.1 Å². The van der Waals surface area contributed by atoms with Gasteiger partial charge in [-0.05, 0) is 55.2 Å². The minimum absolute atomic E-state index is 0.215. The summed E-state index contributed by atoms with van der Waals surface area (Å²) < 4.78 is 13.7. The number of aliphatic carboxylic acids is 1. The van der Waals surface area contributed by atoms with E-state index in [1.807, 2.05) is 36.4 Å². The minimum atomic E-state index is -0.910. The standard InChI is InChI=1S/C26H30N2O4S/c1-31-22-9-5-8-21(14-22)24-25(20-6-3-2-4-7-20)28(27-26(24)33)15-18-10-12-19(13-11-18)16-32-17-23(29)30/h2-9,14,18-19H,10-13,15-17H2,1H3,(H,27,33)(H,29,30). The lowest BCUT2D eigenvalue weighted by atomic mass is 9.82. The first-order valence-corrected chi connectivity index (χ1v) is 11.8. The number of carbonyl (C=O) groups is 1. The Morgan fingerprint density at radius 1 is 1.06 bits per heavy atom. The molecule has 174 valence electrons. The largest absolute Gasteiger partial charge is 0.497 e. The van der Waals surface area contributed by atoms with Crippen molar-refractivity contribution < 1.29 is 19.4 Å². The lowest BCUT2D eigenvalue weighted by molar-refractivity contribution is -0.142. The Kier molecular flexibility index (Phi) is 7.62. The minimum Gasteiger partial charge on any atom is -0.497 e. The molecule has 0 bridgehead atoms. The maximum atomic E-state index is 10.7. The quantitative estimate of drug-likeness (QED) is 0.390. The van der Waals surface area contributed by atoms with Crippen molar-refractivity contribution in [3.63, 3.8) is 0 Å². The number of methoxy groups -OCH3 is 1. The van der Waals surface area contributed by atoms with Gasteiger partial charge in [-0.3, -0.25) is 9.78 Å². The number of nitrogens with one attached hydrogen (secondary N) is 1. The smallest absolute Gasteiger partial charge is 0.329 e. The maximum Gasteiger partial charge on any atom is 0.329 e. The van der Waals surface area contributed by atoms with Crippen molar-refractivity contribution in [3.05, 3.63) is 59.2 Å². The normalized spacial score (nSPS) is 18.2. The number of rotatable bonds is 9. The maximum absolute atomic E-state index is 10.7. The van der Waals surface area contributed by atoms with E-state index in [0.717, 1.165) is 65.0 Å². The van der Waals surface area contributed by atoms with Crippen molar-refractivity contribution in [2.45, 2.75) is 32.2 Å². The average molecular weight is 467 g/mol. The van der Waals surface area contributed by atoms with Crippen molar-refractivity contribution in [1.29, 1.82) is 0 Å². The van der Waals surface area contributed by atoms with E-state index in [1.165, 1.54) is 0 Å². The van der Waals surface area contributed by atoms with Gasteiger partial charge >= 0.3 is 5.97 Å². The number of benzene rings is 2. The van der Waals surface area contributed by atoms with Gasteiger partial charge in [-0.2, -0.15) is 0 Å². The van der Waals surface area contributed by atoms with Crippen LogP contribution >= 0.6 is 12.2 Å². The van der Waals surface area contributed by atoms with Crippen molar-refractivity contribution >= 4 is 18.2 Å². The summed E-state index contributed by atoms with van der Waals surface area (Å²) in [6.45, 7) is 1.17. The molecule has 0 spiro atoms. The molecular formula is C26H30N2O4S. The summed E-state index contributed by atoms with van der Waals surface area (Å²) in [6, 6.07) is 18.4. The first-order valence-electron chi connectivity index (χ1n) is 11.4. The van der Waals surface area contributed by atoms with E-state index in [0.29, 0.717) is 18.4 Å². The Hall–Kier alpha value is -2.90. The summed E-state index contributed by atoms with van der Waals surface area (Å²) in [4.78, 5) is 10.7. The van der Waals surface area contributed by atoms with Gasteiger partial charge in [0.1, 0.15) is 17.0 Å². The molecule has 0 aliphatic heterocycles. The molecule has 33 heavy (non-hydrogen) atoms. The second kappa shape index (κ2) is 10.8. The molecule has 0 radical (unpaired) electrons. The SMILES string of the molecule is COc1cccc(-c2c(-c3ccccc3)n(CC3CCC(COCC(=O)O)CC3)[nH]c2=S)c1. The fourth-order valence-electron chi connectivity index (χ4n) is 4.71. The van der Waals surface area contributed by atoms with Gasteiger partial charge in [0.2, 0.25) is 0 Å². The lowest BCUT2D eigenvalue weighted by Crippen LogP contribution is -2.23. The first-order chi connectivity index (χ1) is 16.0. The van der Waals surface area contributed by atoms with Crippen LogP contribution in [0.15, 0.2) is 54.6 Å². The van der Waals surface area contributed by atoms with Gasteiger partial charge in [0, 0.05) is 17.7 Å². The highest BCUT2D eigenvalue weighted by atomic mass is 32.1. The molecule has 7 heteroatoms. The van der Waals surface area contributed by atoms with E-state index in [4.69, 9.17) is 26.8 Å². The topological polar surface area (TPSA) is 76.5 Å². The number of H-pyrrole nitrogens is 1. The zero-order valence-corrected chi connectivity index (χ0v) is 19.6. The zero-order chi connectivity index (χ0) is 23.2. The van der Waals surface area contributed by atoms with Gasteiger partial charge in [0.25, 0.3) is 0 Å². The highest BCUT2D eigenvalue weighted by Crippen LogP contribution is 2.37. The molecule has 1 aromatic heterocycles. The van der Waals surface area contributed by atoms with E-state index in [-0.39, 0.29) is 6.61 Å². The number of carboxylic acids is 1. The first kappa shape index (κ1) is 23.3. The van der Waals surface area contributed by atoms with Crippen molar-refractivity contribution in [1.82, 2.24) is 9.78 Å². The molecule has 1 heterocycles. The summed E-state index contributed by atoms with van der Waals surface area (Å²) in [5.74, 6) is 0.855. The molecule has 3 aromatic rings. The number of hydrogen-bond donors (Lipinski definition) is 2. The Balaban J connectivity index is 1.57. The lowest BCUT2D eigenvalue weighted by Gasteiger charge is -2.29. The van der Waals surface area contributed by atoms with Gasteiger partial charge in [0.15, 0.2) is 0 Å². The van der Waals surface area contributed by atoms with Gasteiger partial charge in [-0.15, -0.1) is 0 Å². The van der Waals surface area contributed by atoms with Crippen LogP contribution in [-0.2, 0) is 16.1 Å². The van der Waals surface area contributed by atoms with E-state index in [9.17, 15) is 4.79 Å². The van der Waals surface area contributed by atoms with Crippen LogP contribution in [0.2, 0.25) is 0 Å².